The second-order valence-corrected chi connectivity index (χ2v) is 9.03. The van der Waals surface area contributed by atoms with Crippen LogP contribution in [0, 0.1) is 0 Å². The molecule has 0 atom stereocenters. The van der Waals surface area contributed by atoms with Crippen LogP contribution < -0.4 is 20.7 Å². The maximum Gasteiger partial charge on any atom is 0.262 e. The number of amides is 3. The fraction of sp³-hybridized carbons (Fsp3) is 0.167. The number of carbonyl (C=O) groups excluding carboxylic acids is 3. The normalized spacial score (nSPS) is 12.5. The zero-order chi connectivity index (χ0) is 25.6. The number of ether oxygens (including phenoxy) is 1. The highest BCUT2D eigenvalue weighted by Crippen LogP contribution is 2.26. The molecule has 186 valence electrons. The van der Waals surface area contributed by atoms with Crippen LogP contribution in [0.4, 0.5) is 5.69 Å². The van der Waals surface area contributed by atoms with Gasteiger partial charge >= 0.3 is 0 Å². The van der Waals surface area contributed by atoms with Gasteiger partial charge in [-0.3, -0.25) is 14.4 Å². The van der Waals surface area contributed by atoms with Crippen LogP contribution in [0.15, 0.2) is 91.0 Å². The van der Waals surface area contributed by atoms with Crippen LogP contribution in [0.1, 0.15) is 39.1 Å². The van der Waals surface area contributed by atoms with E-state index in [4.69, 9.17) is 4.74 Å². The van der Waals surface area contributed by atoms with Crippen LogP contribution in [0.3, 0.4) is 0 Å². The van der Waals surface area contributed by atoms with Gasteiger partial charge in [-0.15, -0.1) is 0 Å². The van der Waals surface area contributed by atoms with Gasteiger partial charge in [-0.05, 0) is 59.5 Å². The maximum atomic E-state index is 13.1. The molecule has 1 aliphatic carbocycles. The minimum absolute atomic E-state index is 0.155. The van der Waals surface area contributed by atoms with Crippen molar-refractivity contribution in [3.05, 3.63) is 108 Å². The zero-order valence-corrected chi connectivity index (χ0v) is 20.2. The molecule has 4 aromatic rings. The van der Waals surface area contributed by atoms with Gasteiger partial charge in [0.25, 0.3) is 17.7 Å². The van der Waals surface area contributed by atoms with Crippen molar-refractivity contribution in [1.82, 2.24) is 10.6 Å². The highest BCUT2D eigenvalue weighted by molar-refractivity contribution is 6.02. The Morgan fingerprint density at radius 1 is 0.784 bits per heavy atom. The Bertz CT molecular complexity index is 1450. The summed E-state index contributed by atoms with van der Waals surface area (Å²) in [7, 11) is 0. The van der Waals surface area contributed by atoms with Crippen molar-refractivity contribution in [2.75, 3.05) is 11.9 Å². The molecule has 1 saturated carbocycles. The lowest BCUT2D eigenvalue weighted by Crippen LogP contribution is -2.26. The Kier molecular flexibility index (Phi) is 7.12. The lowest BCUT2D eigenvalue weighted by Gasteiger charge is -2.14. The Hall–Kier alpha value is -4.65. The summed E-state index contributed by atoms with van der Waals surface area (Å²) in [4.78, 5) is 38.1. The van der Waals surface area contributed by atoms with Gasteiger partial charge in [0.15, 0.2) is 6.61 Å². The predicted molar refractivity (Wildman–Crippen MR) is 143 cm³/mol. The average Bonchev–Trinajstić information content (AvgIpc) is 3.74. The first-order chi connectivity index (χ1) is 18.0. The summed E-state index contributed by atoms with van der Waals surface area (Å²) in [6.07, 6.45) is 2.00. The molecule has 4 aromatic carbocycles. The van der Waals surface area contributed by atoms with E-state index in [9.17, 15) is 14.4 Å². The monoisotopic (exact) mass is 493 g/mol. The minimum Gasteiger partial charge on any atom is -0.483 e. The molecule has 0 saturated heterocycles. The van der Waals surface area contributed by atoms with Crippen molar-refractivity contribution in [3.63, 3.8) is 0 Å². The van der Waals surface area contributed by atoms with Crippen LogP contribution in [0.2, 0.25) is 0 Å². The van der Waals surface area contributed by atoms with E-state index in [2.05, 4.69) is 16.0 Å². The summed E-state index contributed by atoms with van der Waals surface area (Å²) in [5.74, 6) is -0.530. The number of rotatable bonds is 9. The van der Waals surface area contributed by atoms with E-state index >= 15 is 0 Å². The number of carbonyl (C=O) groups is 3. The van der Waals surface area contributed by atoms with Gasteiger partial charge < -0.3 is 20.7 Å². The molecule has 7 heteroatoms. The van der Waals surface area contributed by atoms with Crippen LogP contribution in [-0.4, -0.2) is 30.4 Å². The quantitative estimate of drug-likeness (QED) is 0.315. The lowest BCUT2D eigenvalue weighted by atomic mass is 10.1. The molecule has 3 N–H and O–H groups in total. The fourth-order valence-electron chi connectivity index (χ4n) is 3.96. The zero-order valence-electron chi connectivity index (χ0n) is 20.2. The van der Waals surface area contributed by atoms with Crippen LogP contribution in [-0.2, 0) is 11.3 Å². The summed E-state index contributed by atoms with van der Waals surface area (Å²) in [6.45, 7) is 0.0763. The molecule has 1 fully saturated rings. The van der Waals surface area contributed by atoms with Crippen molar-refractivity contribution in [1.29, 1.82) is 0 Å². The van der Waals surface area contributed by atoms with Gasteiger partial charge in [-0.1, -0.05) is 60.7 Å². The molecule has 37 heavy (non-hydrogen) atoms. The van der Waals surface area contributed by atoms with Gasteiger partial charge in [0.05, 0.1) is 5.56 Å². The Morgan fingerprint density at radius 3 is 2.27 bits per heavy atom. The summed E-state index contributed by atoms with van der Waals surface area (Å²) in [5.41, 5.74) is 2.31. The smallest absolute Gasteiger partial charge is 0.262 e. The third-order valence-electron chi connectivity index (χ3n) is 6.07. The van der Waals surface area contributed by atoms with Gasteiger partial charge in [0, 0.05) is 23.8 Å². The van der Waals surface area contributed by atoms with E-state index < -0.39 is 5.91 Å². The number of fused-ring (bicyclic) bond motifs is 1. The third kappa shape index (κ3) is 6.32. The van der Waals surface area contributed by atoms with Gasteiger partial charge in [-0.25, -0.2) is 0 Å². The van der Waals surface area contributed by atoms with E-state index in [1.165, 1.54) is 0 Å². The predicted octanol–water partition coefficient (Wildman–Crippen LogP) is 4.68. The molecule has 0 spiro atoms. The van der Waals surface area contributed by atoms with Crippen molar-refractivity contribution >= 4 is 34.2 Å². The Balaban J connectivity index is 1.27. The molecule has 3 amide bonds. The number of hydrogen-bond acceptors (Lipinski definition) is 4. The van der Waals surface area contributed by atoms with Crippen LogP contribution in [0.25, 0.3) is 10.8 Å². The van der Waals surface area contributed by atoms with Crippen LogP contribution in [0.5, 0.6) is 5.75 Å². The average molecular weight is 494 g/mol. The highest BCUT2D eigenvalue weighted by Gasteiger charge is 2.24. The second-order valence-electron chi connectivity index (χ2n) is 9.03. The molecule has 0 heterocycles. The lowest BCUT2D eigenvalue weighted by molar-refractivity contribution is -0.118. The molecule has 1 aliphatic rings. The minimum atomic E-state index is -0.399. The van der Waals surface area contributed by atoms with Crippen molar-refractivity contribution in [3.8, 4) is 5.75 Å². The van der Waals surface area contributed by atoms with Crippen molar-refractivity contribution in [2.24, 2.45) is 0 Å². The first kappa shape index (κ1) is 24.1. The van der Waals surface area contributed by atoms with Gasteiger partial charge in [0.2, 0.25) is 0 Å². The van der Waals surface area contributed by atoms with E-state index in [-0.39, 0.29) is 24.5 Å². The van der Waals surface area contributed by atoms with E-state index in [1.54, 1.807) is 36.4 Å². The topological polar surface area (TPSA) is 96.5 Å². The molecule has 7 nitrogen and oxygen atoms in total. The Morgan fingerprint density at radius 2 is 1.51 bits per heavy atom. The second kappa shape index (κ2) is 11.0. The van der Waals surface area contributed by atoms with Gasteiger partial charge in [-0.2, -0.15) is 0 Å². The van der Waals surface area contributed by atoms with Gasteiger partial charge in [0.1, 0.15) is 5.75 Å². The first-order valence-corrected chi connectivity index (χ1v) is 12.2. The maximum absolute atomic E-state index is 13.1. The number of hydrogen-bond donors (Lipinski definition) is 3. The largest absolute Gasteiger partial charge is 0.483 e. The first-order valence-electron chi connectivity index (χ1n) is 12.2. The molecular formula is C30H27N3O4. The standard InChI is InChI=1S/C30H27N3O4/c34-28(32-25-12-6-11-23(15-25)29(35)33-24-13-14-24)19-37-27-17-22-10-5-4-9-21(22)16-26(27)30(36)31-18-20-7-2-1-3-8-20/h1-12,15-17,24H,13-14,18-19H2,(H,31,36)(H,32,34)(H,33,35). The van der Waals surface area contributed by atoms with Crippen molar-refractivity contribution in [2.45, 2.75) is 25.4 Å². The fourth-order valence-corrected chi connectivity index (χ4v) is 3.96. The number of anilines is 1. The van der Waals surface area contributed by atoms with Crippen LogP contribution >= 0.6 is 0 Å². The summed E-state index contributed by atoms with van der Waals surface area (Å²) < 4.78 is 5.84. The summed E-state index contributed by atoms with van der Waals surface area (Å²) in [5, 5.41) is 10.4. The molecule has 0 radical (unpaired) electrons. The summed E-state index contributed by atoms with van der Waals surface area (Å²) in [6, 6.07) is 27.8. The Labute approximate surface area is 214 Å². The van der Waals surface area contributed by atoms with E-state index in [1.807, 2.05) is 54.6 Å². The molecule has 0 bridgehead atoms. The SMILES string of the molecule is O=C(COc1cc2ccccc2cc1C(=O)NCc1ccccc1)Nc1cccc(C(=O)NC2CC2)c1. The molecule has 0 aromatic heterocycles. The van der Waals surface area contributed by atoms with Crippen molar-refractivity contribution < 1.29 is 19.1 Å². The molecule has 0 unspecified atom stereocenters. The van der Waals surface area contributed by atoms with E-state index in [0.717, 1.165) is 29.2 Å². The number of nitrogens with one attached hydrogen (secondary N) is 3. The molecule has 0 aliphatic heterocycles. The molecule has 5 rings (SSSR count). The summed E-state index contributed by atoms with van der Waals surface area (Å²) >= 11 is 0. The highest BCUT2D eigenvalue weighted by atomic mass is 16.5. The van der Waals surface area contributed by atoms with E-state index in [0.29, 0.717) is 29.1 Å². The third-order valence-corrected chi connectivity index (χ3v) is 6.07. The molecular weight excluding hydrogens is 466 g/mol. The number of benzene rings is 4.